The van der Waals surface area contributed by atoms with Gasteiger partial charge in [0.05, 0.1) is 18.4 Å². The molecule has 1 N–H and O–H groups in total. The van der Waals surface area contributed by atoms with Crippen LogP contribution >= 0.6 is 12.2 Å². The number of nitrogens with zero attached hydrogens (tertiary/aromatic N) is 5. The van der Waals surface area contributed by atoms with Gasteiger partial charge in [-0.3, -0.25) is 19.1 Å². The van der Waals surface area contributed by atoms with Crippen LogP contribution < -0.4 is 5.32 Å². The Hall–Kier alpha value is -2.48. The molecule has 3 heterocycles. The van der Waals surface area contributed by atoms with Crippen LogP contribution in [0.1, 0.15) is 18.2 Å². The van der Waals surface area contributed by atoms with Gasteiger partial charge >= 0.3 is 0 Å². The minimum absolute atomic E-state index is 0.153. The summed E-state index contributed by atoms with van der Waals surface area (Å²) in [5.74, 6) is -0.153. The lowest BCUT2D eigenvalue weighted by molar-refractivity contribution is -0.122. The highest BCUT2D eigenvalue weighted by molar-refractivity contribution is 7.80. The van der Waals surface area contributed by atoms with Crippen molar-refractivity contribution in [2.45, 2.75) is 20.0 Å². The molecule has 114 valence electrons. The first-order valence-corrected chi connectivity index (χ1v) is 7.33. The Balaban J connectivity index is 1.78. The lowest BCUT2D eigenvalue weighted by atomic mass is 10.3. The summed E-state index contributed by atoms with van der Waals surface area (Å²) in [6, 6.07) is 1.83. The average molecular weight is 316 g/mol. The van der Waals surface area contributed by atoms with Gasteiger partial charge in [0.2, 0.25) is 0 Å². The summed E-state index contributed by atoms with van der Waals surface area (Å²) >= 11 is 5.25. The predicted octanol–water partition coefficient (Wildman–Crippen LogP) is 0.894. The zero-order valence-electron chi connectivity index (χ0n) is 12.4. The molecule has 1 aliphatic heterocycles. The van der Waals surface area contributed by atoms with Crippen molar-refractivity contribution in [3.63, 3.8) is 0 Å². The molecule has 8 heteroatoms. The Morgan fingerprint density at radius 2 is 2.27 bits per heavy atom. The molecule has 2 aromatic heterocycles. The third kappa shape index (κ3) is 2.77. The van der Waals surface area contributed by atoms with Crippen LogP contribution in [0.15, 0.2) is 30.4 Å². The first kappa shape index (κ1) is 14.5. The number of amides is 1. The van der Waals surface area contributed by atoms with E-state index in [0.717, 1.165) is 12.1 Å². The number of carbonyl (C=O) groups excluding carboxylic acids is 1. The van der Waals surface area contributed by atoms with Gasteiger partial charge in [-0.25, -0.2) is 0 Å². The van der Waals surface area contributed by atoms with Crippen molar-refractivity contribution in [2.75, 3.05) is 0 Å². The summed E-state index contributed by atoms with van der Waals surface area (Å²) < 4.78 is 3.50. The average Bonchev–Trinajstić information content (AvgIpc) is 3.17. The van der Waals surface area contributed by atoms with Crippen molar-refractivity contribution in [3.8, 4) is 0 Å². The fourth-order valence-electron chi connectivity index (χ4n) is 2.22. The van der Waals surface area contributed by atoms with Gasteiger partial charge in [-0.1, -0.05) is 0 Å². The molecule has 0 bridgehead atoms. The van der Waals surface area contributed by atoms with Gasteiger partial charge in [0.15, 0.2) is 5.11 Å². The van der Waals surface area contributed by atoms with E-state index in [4.69, 9.17) is 12.2 Å². The number of hydrogen-bond acceptors (Lipinski definition) is 4. The Bertz CT molecular complexity index is 759. The van der Waals surface area contributed by atoms with Crippen LogP contribution in [0.3, 0.4) is 0 Å². The number of aromatic nitrogens is 4. The van der Waals surface area contributed by atoms with Gasteiger partial charge in [-0.15, -0.1) is 0 Å². The Kier molecular flexibility index (Phi) is 3.76. The molecule has 1 fully saturated rings. The lowest BCUT2D eigenvalue weighted by Crippen LogP contribution is -2.29. The zero-order valence-corrected chi connectivity index (χ0v) is 13.2. The molecule has 1 saturated heterocycles. The first-order chi connectivity index (χ1) is 10.6. The molecule has 22 heavy (non-hydrogen) atoms. The SMILES string of the molecule is CCn1cc(CN2C(=O)/C(=C\c3ccn(C)n3)NC2=S)cn1. The van der Waals surface area contributed by atoms with Crippen LogP contribution in [0, 0.1) is 0 Å². The molecular weight excluding hydrogens is 300 g/mol. The molecule has 3 rings (SSSR count). The predicted molar refractivity (Wildman–Crippen MR) is 85.4 cm³/mol. The fourth-order valence-corrected chi connectivity index (χ4v) is 2.47. The number of hydrogen-bond donors (Lipinski definition) is 1. The van der Waals surface area contributed by atoms with Crippen LogP contribution in [0.4, 0.5) is 0 Å². The van der Waals surface area contributed by atoms with Crippen molar-refractivity contribution in [3.05, 3.63) is 41.6 Å². The monoisotopic (exact) mass is 316 g/mol. The molecule has 2 aromatic rings. The number of carbonyl (C=O) groups is 1. The number of nitrogens with one attached hydrogen (secondary N) is 1. The Morgan fingerprint density at radius 3 is 2.91 bits per heavy atom. The molecule has 0 aromatic carbocycles. The molecule has 1 amide bonds. The molecule has 0 spiro atoms. The van der Waals surface area contributed by atoms with Crippen LogP contribution in [-0.2, 0) is 24.9 Å². The quantitative estimate of drug-likeness (QED) is 0.670. The smallest absolute Gasteiger partial charge is 0.276 e. The molecule has 7 nitrogen and oxygen atoms in total. The molecule has 1 aliphatic rings. The van der Waals surface area contributed by atoms with Crippen LogP contribution in [0.25, 0.3) is 6.08 Å². The summed E-state index contributed by atoms with van der Waals surface area (Å²) in [6.45, 7) is 3.21. The summed E-state index contributed by atoms with van der Waals surface area (Å²) in [4.78, 5) is 14.0. The summed E-state index contributed by atoms with van der Waals surface area (Å²) in [7, 11) is 1.83. The molecule has 0 atom stereocenters. The molecular formula is C14H16N6OS. The Labute approximate surface area is 133 Å². The van der Waals surface area contributed by atoms with Gasteiger partial charge < -0.3 is 5.32 Å². The zero-order chi connectivity index (χ0) is 15.7. The summed E-state index contributed by atoms with van der Waals surface area (Å²) in [5.41, 5.74) is 2.09. The topological polar surface area (TPSA) is 68.0 Å². The van der Waals surface area contributed by atoms with Crippen molar-refractivity contribution in [1.29, 1.82) is 0 Å². The highest BCUT2D eigenvalue weighted by Gasteiger charge is 2.31. The number of thiocarbonyl (C=S) groups is 1. The summed E-state index contributed by atoms with van der Waals surface area (Å²) in [5, 5.41) is 11.8. The number of rotatable bonds is 4. The normalized spacial score (nSPS) is 16.6. The maximum Gasteiger partial charge on any atom is 0.276 e. The summed E-state index contributed by atoms with van der Waals surface area (Å²) in [6.07, 6.45) is 7.18. The van der Waals surface area contributed by atoms with Crippen molar-refractivity contribution in [2.24, 2.45) is 7.05 Å². The van der Waals surface area contributed by atoms with Gasteiger partial charge in [-0.2, -0.15) is 10.2 Å². The van der Waals surface area contributed by atoms with Crippen molar-refractivity contribution in [1.82, 2.24) is 29.8 Å². The lowest BCUT2D eigenvalue weighted by Gasteiger charge is -2.12. The van der Waals surface area contributed by atoms with Crippen molar-refractivity contribution >= 4 is 29.3 Å². The second kappa shape index (κ2) is 5.72. The van der Waals surface area contributed by atoms with Crippen LogP contribution in [0.5, 0.6) is 0 Å². The maximum absolute atomic E-state index is 12.5. The van der Waals surface area contributed by atoms with E-state index in [1.54, 1.807) is 17.0 Å². The van der Waals surface area contributed by atoms with Gasteiger partial charge in [0.25, 0.3) is 5.91 Å². The fraction of sp³-hybridized carbons (Fsp3) is 0.286. The van der Waals surface area contributed by atoms with E-state index < -0.39 is 0 Å². The standard InChI is InChI=1S/C14H16N6OS/c1-3-19-8-10(7-15-19)9-20-13(21)12(16-14(20)22)6-11-4-5-18(2)17-11/h4-8H,3,9H2,1-2H3,(H,16,22)/b12-6+. The second-order valence-electron chi connectivity index (χ2n) is 5.00. The molecule has 0 saturated carbocycles. The minimum atomic E-state index is -0.153. The number of aryl methyl sites for hydroxylation is 2. The molecule has 0 radical (unpaired) electrons. The first-order valence-electron chi connectivity index (χ1n) is 6.92. The van der Waals surface area contributed by atoms with E-state index in [1.165, 1.54) is 4.90 Å². The maximum atomic E-state index is 12.5. The van der Waals surface area contributed by atoms with Gasteiger partial charge in [0, 0.05) is 31.5 Å². The van der Waals surface area contributed by atoms with Gasteiger partial charge in [0.1, 0.15) is 5.70 Å². The second-order valence-corrected chi connectivity index (χ2v) is 5.38. The highest BCUT2D eigenvalue weighted by atomic mass is 32.1. The van der Waals surface area contributed by atoms with E-state index in [-0.39, 0.29) is 5.91 Å². The largest absolute Gasteiger partial charge is 0.328 e. The van der Waals surface area contributed by atoms with Crippen LogP contribution in [-0.4, -0.2) is 35.5 Å². The third-order valence-electron chi connectivity index (χ3n) is 3.34. The highest BCUT2D eigenvalue weighted by Crippen LogP contribution is 2.16. The Morgan fingerprint density at radius 1 is 1.45 bits per heavy atom. The van der Waals surface area contributed by atoms with Gasteiger partial charge in [-0.05, 0) is 31.3 Å². The third-order valence-corrected chi connectivity index (χ3v) is 3.66. The van der Waals surface area contributed by atoms with Crippen LogP contribution in [0.2, 0.25) is 0 Å². The van der Waals surface area contributed by atoms with Crippen molar-refractivity contribution < 1.29 is 4.79 Å². The van der Waals surface area contributed by atoms with E-state index in [2.05, 4.69) is 15.5 Å². The van der Waals surface area contributed by atoms with E-state index in [1.807, 2.05) is 37.1 Å². The van der Waals surface area contributed by atoms with E-state index >= 15 is 0 Å². The molecule has 0 aliphatic carbocycles. The van der Waals surface area contributed by atoms with E-state index in [9.17, 15) is 4.79 Å². The molecule has 0 unspecified atom stereocenters. The minimum Gasteiger partial charge on any atom is -0.328 e. The van der Waals surface area contributed by atoms with E-state index in [0.29, 0.717) is 23.0 Å².